The first-order valence-electron chi connectivity index (χ1n) is 9.07. The highest BCUT2D eigenvalue weighted by molar-refractivity contribution is 5.94. The summed E-state index contributed by atoms with van der Waals surface area (Å²) in [6, 6.07) is 5.74. The highest BCUT2D eigenvalue weighted by atomic mass is 19.4. The Morgan fingerprint density at radius 3 is 2.83 bits per heavy atom. The van der Waals surface area contributed by atoms with E-state index in [1.807, 2.05) is 0 Å². The molecule has 0 spiro atoms. The molecular weight excluding hydrogens is 389 g/mol. The van der Waals surface area contributed by atoms with Crippen molar-refractivity contribution in [1.29, 1.82) is 0 Å². The number of nitrogens with one attached hydrogen (secondary N) is 2. The number of carbonyl (C=O) groups excluding carboxylic acids is 2. The number of allylic oxidation sites excluding steroid dienone is 1. The standard InChI is InChI=1S/C19H21F3N4O3/c20-19(21,22)16-8-12(10-23)6-7-26(16)29-15-3-1-2-13(9-15)18(28)24-11-14-4-5-17(27)25-14/h1-3,6,8-9,14H,4-5,7,10-11,23H2,(H,24,28)(H,25,27). The molecule has 10 heteroatoms. The van der Waals surface area contributed by atoms with Crippen LogP contribution in [0, 0.1) is 0 Å². The van der Waals surface area contributed by atoms with Gasteiger partial charge in [0.1, 0.15) is 0 Å². The van der Waals surface area contributed by atoms with Crippen LogP contribution in [-0.4, -0.2) is 48.7 Å². The SMILES string of the molecule is NCC1=CCN(Oc2cccc(C(=O)NCC3CCC(=O)N3)c2)C(C(F)(F)F)=C1. The fourth-order valence-corrected chi connectivity index (χ4v) is 3.03. The van der Waals surface area contributed by atoms with E-state index < -0.39 is 17.8 Å². The van der Waals surface area contributed by atoms with Crippen LogP contribution in [0.1, 0.15) is 23.2 Å². The number of nitrogens with zero attached hydrogens (tertiary/aromatic N) is 1. The molecule has 0 radical (unpaired) electrons. The average molecular weight is 410 g/mol. The largest absolute Gasteiger partial charge is 0.434 e. The van der Waals surface area contributed by atoms with Gasteiger partial charge < -0.3 is 21.2 Å². The summed E-state index contributed by atoms with van der Waals surface area (Å²) in [7, 11) is 0. The summed E-state index contributed by atoms with van der Waals surface area (Å²) < 4.78 is 40.0. The van der Waals surface area contributed by atoms with Gasteiger partial charge in [-0.25, -0.2) is 5.06 Å². The molecule has 156 valence electrons. The van der Waals surface area contributed by atoms with Gasteiger partial charge >= 0.3 is 6.18 Å². The van der Waals surface area contributed by atoms with Crippen LogP contribution in [0.2, 0.25) is 0 Å². The van der Waals surface area contributed by atoms with Crippen LogP contribution < -0.4 is 21.2 Å². The van der Waals surface area contributed by atoms with Crippen LogP contribution in [0.5, 0.6) is 5.75 Å². The van der Waals surface area contributed by atoms with Crippen LogP contribution in [0.25, 0.3) is 0 Å². The summed E-state index contributed by atoms with van der Waals surface area (Å²) in [6.45, 7) is 0.135. The minimum Gasteiger partial charge on any atom is -0.379 e. The van der Waals surface area contributed by atoms with Gasteiger partial charge in [-0.05, 0) is 36.3 Å². The number of rotatable bonds is 6. The lowest BCUT2D eigenvalue weighted by molar-refractivity contribution is -0.150. The molecule has 29 heavy (non-hydrogen) atoms. The van der Waals surface area contributed by atoms with Crippen molar-refractivity contribution in [2.24, 2.45) is 5.73 Å². The van der Waals surface area contributed by atoms with E-state index in [0.29, 0.717) is 23.5 Å². The van der Waals surface area contributed by atoms with Crippen molar-refractivity contribution in [2.45, 2.75) is 25.1 Å². The van der Waals surface area contributed by atoms with Gasteiger partial charge in [0.25, 0.3) is 5.91 Å². The minimum absolute atomic E-state index is 0.00940. The molecule has 0 saturated carbocycles. The number of carbonyl (C=O) groups is 2. The first kappa shape index (κ1) is 20.7. The van der Waals surface area contributed by atoms with Crippen molar-refractivity contribution in [3.05, 3.63) is 53.3 Å². The zero-order valence-corrected chi connectivity index (χ0v) is 15.5. The highest BCUT2D eigenvalue weighted by Gasteiger charge is 2.40. The van der Waals surface area contributed by atoms with Crippen molar-refractivity contribution in [3.8, 4) is 5.75 Å². The molecule has 1 atom stereocenters. The molecular formula is C19H21F3N4O3. The summed E-state index contributed by atoms with van der Waals surface area (Å²) in [4.78, 5) is 28.9. The Kier molecular flexibility index (Phi) is 6.12. The molecule has 1 unspecified atom stereocenters. The van der Waals surface area contributed by atoms with Crippen molar-refractivity contribution in [3.63, 3.8) is 0 Å². The molecule has 2 heterocycles. The zero-order chi connectivity index (χ0) is 21.0. The van der Waals surface area contributed by atoms with Gasteiger partial charge in [-0.3, -0.25) is 9.59 Å². The van der Waals surface area contributed by atoms with E-state index in [-0.39, 0.29) is 42.9 Å². The zero-order valence-electron chi connectivity index (χ0n) is 15.5. The number of amides is 2. The topological polar surface area (TPSA) is 96.7 Å². The molecule has 1 saturated heterocycles. The van der Waals surface area contributed by atoms with Gasteiger partial charge in [0.2, 0.25) is 5.91 Å². The minimum atomic E-state index is -4.62. The Bertz CT molecular complexity index is 851. The van der Waals surface area contributed by atoms with Gasteiger partial charge in [-0.15, -0.1) is 0 Å². The number of hydroxylamine groups is 2. The summed E-state index contributed by atoms with van der Waals surface area (Å²) in [5.74, 6) is -0.375. The Balaban J connectivity index is 1.66. The van der Waals surface area contributed by atoms with Crippen molar-refractivity contribution >= 4 is 11.8 Å². The van der Waals surface area contributed by atoms with Crippen LogP contribution in [0.15, 0.2) is 47.7 Å². The summed E-state index contributed by atoms with van der Waals surface area (Å²) in [6.07, 6.45) is -1.07. The monoisotopic (exact) mass is 410 g/mol. The van der Waals surface area contributed by atoms with Crippen LogP contribution in [0.3, 0.4) is 0 Å². The first-order valence-corrected chi connectivity index (χ1v) is 9.07. The maximum absolute atomic E-state index is 13.3. The van der Waals surface area contributed by atoms with Gasteiger partial charge in [0.05, 0.1) is 6.54 Å². The first-order chi connectivity index (χ1) is 13.8. The van der Waals surface area contributed by atoms with Crippen molar-refractivity contribution in [1.82, 2.24) is 15.7 Å². The molecule has 1 aromatic rings. The number of benzene rings is 1. The molecule has 4 N–H and O–H groups in total. The quantitative estimate of drug-likeness (QED) is 0.663. The molecule has 7 nitrogen and oxygen atoms in total. The van der Waals surface area contributed by atoms with Crippen LogP contribution in [-0.2, 0) is 4.79 Å². The second-order valence-electron chi connectivity index (χ2n) is 6.70. The van der Waals surface area contributed by atoms with E-state index in [2.05, 4.69) is 10.6 Å². The fraction of sp³-hybridized carbons (Fsp3) is 0.368. The number of halogens is 3. The number of nitrogens with two attached hydrogens (primary N) is 1. The molecule has 1 aromatic carbocycles. The predicted octanol–water partition coefficient (Wildman–Crippen LogP) is 1.64. The molecule has 2 aliphatic heterocycles. The average Bonchev–Trinajstić information content (AvgIpc) is 3.11. The molecule has 0 bridgehead atoms. The summed E-state index contributed by atoms with van der Waals surface area (Å²) in [5, 5.41) is 6.16. The van der Waals surface area contributed by atoms with E-state index in [9.17, 15) is 22.8 Å². The third-order valence-electron chi connectivity index (χ3n) is 4.54. The van der Waals surface area contributed by atoms with Crippen LogP contribution in [0.4, 0.5) is 13.2 Å². The maximum Gasteiger partial charge on any atom is 0.434 e. The van der Waals surface area contributed by atoms with E-state index in [1.54, 1.807) is 6.08 Å². The molecule has 2 amide bonds. The molecule has 0 aliphatic carbocycles. The highest BCUT2D eigenvalue weighted by Crippen LogP contribution is 2.32. The van der Waals surface area contributed by atoms with Crippen LogP contribution >= 0.6 is 0 Å². The molecule has 0 aromatic heterocycles. The summed E-state index contributed by atoms with van der Waals surface area (Å²) >= 11 is 0. The van der Waals surface area contributed by atoms with Gasteiger partial charge in [-0.1, -0.05) is 12.1 Å². The normalized spacial score (nSPS) is 19.4. The smallest absolute Gasteiger partial charge is 0.379 e. The fourth-order valence-electron chi connectivity index (χ4n) is 3.03. The van der Waals surface area contributed by atoms with E-state index in [0.717, 1.165) is 6.08 Å². The van der Waals surface area contributed by atoms with E-state index >= 15 is 0 Å². The lowest BCUT2D eigenvalue weighted by Gasteiger charge is -2.30. The van der Waals surface area contributed by atoms with E-state index in [1.165, 1.54) is 24.3 Å². The maximum atomic E-state index is 13.3. The predicted molar refractivity (Wildman–Crippen MR) is 98.5 cm³/mol. The number of alkyl halides is 3. The van der Waals surface area contributed by atoms with Gasteiger partial charge in [0.15, 0.2) is 11.4 Å². The van der Waals surface area contributed by atoms with Gasteiger partial charge in [0, 0.05) is 31.1 Å². The number of hydrogen-bond acceptors (Lipinski definition) is 5. The Hall–Kier alpha value is -3.01. The molecule has 3 rings (SSSR count). The third kappa shape index (κ3) is 5.29. The lowest BCUT2D eigenvalue weighted by Crippen LogP contribution is -2.38. The second-order valence-corrected chi connectivity index (χ2v) is 6.70. The molecule has 1 fully saturated rings. The van der Waals surface area contributed by atoms with Crippen molar-refractivity contribution < 1.29 is 27.6 Å². The molecule has 2 aliphatic rings. The van der Waals surface area contributed by atoms with Crippen molar-refractivity contribution in [2.75, 3.05) is 19.6 Å². The second kappa shape index (κ2) is 8.56. The van der Waals surface area contributed by atoms with Gasteiger partial charge in [-0.2, -0.15) is 13.2 Å². The number of hydrogen-bond donors (Lipinski definition) is 3. The lowest BCUT2D eigenvalue weighted by atomic mass is 10.1. The summed E-state index contributed by atoms with van der Waals surface area (Å²) in [5.41, 5.74) is 5.07. The third-order valence-corrected chi connectivity index (χ3v) is 4.54. The Morgan fingerprint density at radius 2 is 2.17 bits per heavy atom. The van der Waals surface area contributed by atoms with E-state index in [4.69, 9.17) is 10.6 Å². The Morgan fingerprint density at radius 1 is 1.38 bits per heavy atom. The Labute approximate surface area is 165 Å².